The summed E-state index contributed by atoms with van der Waals surface area (Å²) in [6.45, 7) is 8.36. The number of carbonyl (C=O) groups is 3. The van der Waals surface area contributed by atoms with Crippen LogP contribution in [0.3, 0.4) is 0 Å². The third kappa shape index (κ3) is 9.58. The molecule has 3 aliphatic rings. The third-order valence-corrected chi connectivity index (χ3v) is 9.97. The molecule has 0 aliphatic carbocycles. The zero-order chi connectivity index (χ0) is 40.6. The van der Waals surface area contributed by atoms with Crippen molar-refractivity contribution in [3.8, 4) is 34.5 Å². The molecule has 0 spiro atoms. The largest absolute Gasteiger partial charge is 0.478 e. The molecule has 0 saturated heterocycles. The molecule has 0 fully saturated rings. The standard InChI is InChI=1S/C15H13BO4.2C15H13BO3/c1-16-14-6-5-13(8-11(14)9-19-16)20-12-4-2-3-10(7-12)15(17)18;1-16-15-7-6-14(8-12(15)10-18-16)19-13-4-2-11(9-17)3-5-13;1-16-14-7-6-13(8-12(14)10-18-16)19-15-5-3-2-4-11(15)9-17/h2-8H,9H2,1H3,(H,17,18);2*2-9H,10H2,1H3. The van der Waals surface area contributed by atoms with Gasteiger partial charge in [-0.2, -0.15) is 0 Å². The molecule has 58 heavy (non-hydrogen) atoms. The lowest BCUT2D eigenvalue weighted by Crippen LogP contribution is -2.23. The highest BCUT2D eigenvalue weighted by atomic mass is 16.5. The zero-order valence-electron chi connectivity index (χ0n) is 32.3. The van der Waals surface area contributed by atoms with E-state index in [0.717, 1.165) is 40.9 Å². The van der Waals surface area contributed by atoms with Gasteiger partial charge >= 0.3 is 26.7 Å². The monoisotopic (exact) mass is 772 g/mol. The number of para-hydroxylation sites is 1. The maximum absolute atomic E-state index is 10.9. The number of aldehydes is 2. The molecule has 0 bridgehead atoms. The van der Waals surface area contributed by atoms with Gasteiger partial charge in [0.25, 0.3) is 0 Å². The van der Waals surface area contributed by atoms with Crippen molar-refractivity contribution in [2.24, 2.45) is 0 Å². The Morgan fingerprint density at radius 2 is 1.00 bits per heavy atom. The summed E-state index contributed by atoms with van der Waals surface area (Å²) in [6, 6.07) is 38.4. The van der Waals surface area contributed by atoms with Crippen LogP contribution in [0.4, 0.5) is 0 Å². The van der Waals surface area contributed by atoms with E-state index in [9.17, 15) is 14.4 Å². The predicted molar refractivity (Wildman–Crippen MR) is 225 cm³/mol. The van der Waals surface area contributed by atoms with Crippen LogP contribution in [-0.2, 0) is 33.8 Å². The minimum absolute atomic E-state index is 0.120. The Balaban J connectivity index is 0.000000132. The second-order valence-electron chi connectivity index (χ2n) is 13.9. The molecule has 0 unspecified atom stereocenters. The SMILES string of the molecule is CB1OCc2cc(Oc3ccc(C=O)cc3)ccc21.CB1OCc2cc(Oc3cccc(C(=O)O)c3)ccc21.CB1OCc2cc(Oc3ccccc3C=O)ccc21. The number of ether oxygens (including phenoxy) is 3. The van der Waals surface area contributed by atoms with Gasteiger partial charge in [0.15, 0.2) is 6.29 Å². The van der Waals surface area contributed by atoms with Crippen LogP contribution in [-0.4, -0.2) is 44.4 Å². The van der Waals surface area contributed by atoms with Crippen molar-refractivity contribution in [1.29, 1.82) is 0 Å². The topological polar surface area (TPSA) is 127 Å². The number of aromatic carboxylic acids is 1. The molecular weight excluding hydrogens is 733 g/mol. The second kappa shape index (κ2) is 18.2. The van der Waals surface area contributed by atoms with E-state index in [1.54, 1.807) is 48.5 Å². The van der Waals surface area contributed by atoms with Crippen molar-refractivity contribution in [2.45, 2.75) is 40.3 Å². The van der Waals surface area contributed by atoms with Crippen LogP contribution >= 0.6 is 0 Å². The third-order valence-electron chi connectivity index (χ3n) is 9.97. The summed E-state index contributed by atoms with van der Waals surface area (Å²) in [5.74, 6) is 3.04. The number of rotatable bonds is 9. The molecule has 288 valence electrons. The van der Waals surface area contributed by atoms with Crippen LogP contribution in [0.2, 0.25) is 20.5 Å². The summed E-state index contributed by atoms with van der Waals surface area (Å²) in [5, 5.41) is 8.96. The summed E-state index contributed by atoms with van der Waals surface area (Å²) in [4.78, 5) is 32.5. The molecule has 13 heteroatoms. The first-order valence-corrected chi connectivity index (χ1v) is 18.9. The highest BCUT2D eigenvalue weighted by Crippen LogP contribution is 2.28. The lowest BCUT2D eigenvalue weighted by molar-refractivity contribution is 0.0696. The molecule has 0 atom stereocenters. The average Bonchev–Trinajstić information content (AvgIpc) is 3.93. The van der Waals surface area contributed by atoms with Crippen LogP contribution in [0.25, 0.3) is 0 Å². The van der Waals surface area contributed by atoms with Crippen molar-refractivity contribution in [1.82, 2.24) is 0 Å². The van der Waals surface area contributed by atoms with Crippen molar-refractivity contribution < 1.29 is 47.7 Å². The van der Waals surface area contributed by atoms with Crippen LogP contribution in [0.5, 0.6) is 34.5 Å². The molecule has 0 amide bonds. The fraction of sp³-hybridized carbons (Fsp3) is 0.133. The van der Waals surface area contributed by atoms with Crippen molar-refractivity contribution in [2.75, 3.05) is 0 Å². The van der Waals surface area contributed by atoms with E-state index in [1.807, 2.05) is 87.2 Å². The van der Waals surface area contributed by atoms with E-state index in [4.69, 9.17) is 33.3 Å². The molecule has 0 saturated carbocycles. The van der Waals surface area contributed by atoms with E-state index in [2.05, 4.69) is 0 Å². The van der Waals surface area contributed by atoms with Crippen LogP contribution in [0.15, 0.2) is 127 Å². The fourth-order valence-corrected chi connectivity index (χ4v) is 6.79. The first-order valence-electron chi connectivity index (χ1n) is 18.9. The van der Waals surface area contributed by atoms with Crippen LogP contribution < -0.4 is 30.6 Å². The van der Waals surface area contributed by atoms with E-state index in [-0.39, 0.29) is 26.3 Å². The molecule has 6 aromatic carbocycles. The maximum Gasteiger partial charge on any atom is 0.335 e. The lowest BCUT2D eigenvalue weighted by atomic mass is 9.64. The van der Waals surface area contributed by atoms with E-state index >= 15 is 0 Å². The van der Waals surface area contributed by atoms with Gasteiger partial charge in [0.2, 0.25) is 0 Å². The molecule has 0 radical (unpaired) electrons. The Bertz CT molecular complexity index is 2440. The Labute approximate surface area is 338 Å². The zero-order valence-corrected chi connectivity index (χ0v) is 32.3. The summed E-state index contributed by atoms with van der Waals surface area (Å²) in [7, 11) is 0. The first-order chi connectivity index (χ1) is 28.2. The lowest BCUT2D eigenvalue weighted by Gasteiger charge is -2.09. The van der Waals surface area contributed by atoms with Gasteiger partial charge in [-0.05, 0) is 124 Å². The van der Waals surface area contributed by atoms with E-state index in [0.29, 0.717) is 48.2 Å². The normalized spacial score (nSPS) is 13.2. The number of benzene rings is 6. The van der Waals surface area contributed by atoms with Gasteiger partial charge < -0.3 is 33.3 Å². The number of carboxylic acid groups (broad SMARTS) is 1. The van der Waals surface area contributed by atoms with E-state index in [1.165, 1.54) is 34.1 Å². The average molecular weight is 772 g/mol. The molecule has 9 rings (SSSR count). The Kier molecular flexibility index (Phi) is 12.5. The number of fused-ring (bicyclic) bond motifs is 3. The second-order valence-corrected chi connectivity index (χ2v) is 13.9. The highest BCUT2D eigenvalue weighted by Gasteiger charge is 2.25. The molecule has 0 aromatic heterocycles. The summed E-state index contributed by atoms with van der Waals surface area (Å²) in [5.41, 5.74) is 8.44. The minimum atomic E-state index is -0.966. The minimum Gasteiger partial charge on any atom is -0.478 e. The van der Waals surface area contributed by atoms with Gasteiger partial charge in [-0.25, -0.2) is 4.79 Å². The summed E-state index contributed by atoms with van der Waals surface area (Å²) >= 11 is 0. The van der Waals surface area contributed by atoms with Gasteiger partial charge in [-0.1, -0.05) is 56.9 Å². The van der Waals surface area contributed by atoms with Gasteiger partial charge in [0.05, 0.1) is 30.9 Å². The van der Waals surface area contributed by atoms with Crippen LogP contribution in [0, 0.1) is 0 Å². The molecule has 6 aromatic rings. The summed E-state index contributed by atoms with van der Waals surface area (Å²) < 4.78 is 33.9. The van der Waals surface area contributed by atoms with Crippen molar-refractivity contribution in [3.63, 3.8) is 0 Å². The number of hydrogen-bond acceptors (Lipinski definition) is 9. The number of hydrogen-bond donors (Lipinski definition) is 1. The van der Waals surface area contributed by atoms with Gasteiger partial charge in [0.1, 0.15) is 40.8 Å². The molecule has 3 heterocycles. The number of carbonyl (C=O) groups excluding carboxylic acids is 2. The molecule has 10 nitrogen and oxygen atoms in total. The van der Waals surface area contributed by atoms with Gasteiger partial charge in [0, 0.05) is 5.56 Å². The van der Waals surface area contributed by atoms with Crippen LogP contribution in [0.1, 0.15) is 47.8 Å². The summed E-state index contributed by atoms with van der Waals surface area (Å²) in [6.07, 6.45) is 1.62. The van der Waals surface area contributed by atoms with Crippen molar-refractivity contribution in [3.05, 3.63) is 161 Å². The maximum atomic E-state index is 10.9. The predicted octanol–water partition coefficient (Wildman–Crippen LogP) is 7.84. The molecule has 1 N–H and O–H groups in total. The van der Waals surface area contributed by atoms with Gasteiger partial charge in [-0.15, -0.1) is 0 Å². The van der Waals surface area contributed by atoms with Crippen molar-refractivity contribution >= 4 is 55.7 Å². The first kappa shape index (κ1) is 39.8. The Morgan fingerprint density at radius 3 is 1.50 bits per heavy atom. The Hall–Kier alpha value is -6.40. The quantitative estimate of drug-likeness (QED) is 0.115. The molecular formula is C45H39B3O10. The highest BCUT2D eigenvalue weighted by molar-refractivity contribution is 6.68. The molecule has 3 aliphatic heterocycles. The van der Waals surface area contributed by atoms with E-state index < -0.39 is 5.97 Å². The fourth-order valence-electron chi connectivity index (χ4n) is 6.79. The number of carboxylic acids is 1. The smallest absolute Gasteiger partial charge is 0.335 e. The van der Waals surface area contributed by atoms with Gasteiger partial charge in [-0.3, -0.25) is 9.59 Å². The Morgan fingerprint density at radius 1 is 0.534 bits per heavy atom.